The summed E-state index contributed by atoms with van der Waals surface area (Å²) in [5.74, 6) is 0. The van der Waals surface area contributed by atoms with Gasteiger partial charge in [0.1, 0.15) is 0 Å². The predicted octanol–water partition coefficient (Wildman–Crippen LogP) is -0.125. The first-order valence-electron chi connectivity index (χ1n) is 1.31. The van der Waals surface area contributed by atoms with Crippen LogP contribution in [0, 0.1) is 6.92 Å². The number of hydrogen-bond donors (Lipinski definition) is 2. The molecule has 0 aliphatic rings. The lowest BCUT2D eigenvalue weighted by Gasteiger charge is -1.92. The normalized spacial score (nSPS) is 11.8. The highest BCUT2D eigenvalue weighted by Crippen LogP contribution is 2.32. The minimum absolute atomic E-state index is 0.562. The van der Waals surface area contributed by atoms with E-state index >= 15 is 0 Å². The first kappa shape index (κ1) is 6.15. The largest absolute Gasteiger partial charge is 0.325 e. The van der Waals surface area contributed by atoms with E-state index in [9.17, 15) is 4.57 Å². The van der Waals surface area contributed by atoms with Crippen molar-refractivity contribution in [2.45, 2.75) is 0 Å². The summed E-state index contributed by atoms with van der Waals surface area (Å²) in [5, 5.41) is 0. The van der Waals surface area contributed by atoms with Crippen LogP contribution in [0.15, 0.2) is 0 Å². The molecule has 0 spiro atoms. The van der Waals surface area contributed by atoms with Crippen molar-refractivity contribution < 1.29 is 14.4 Å². The van der Waals surface area contributed by atoms with Crippen LogP contribution >= 0.6 is 7.60 Å². The van der Waals surface area contributed by atoms with Crippen molar-refractivity contribution in [2.24, 2.45) is 0 Å². The average molecular weight is 108 g/mol. The maximum Gasteiger partial charge on any atom is 0.325 e. The maximum atomic E-state index is 9.57. The van der Waals surface area contributed by atoms with Gasteiger partial charge in [-0.25, -0.2) is 0 Å². The van der Waals surface area contributed by atoms with Crippen LogP contribution in [0.4, 0.5) is 0 Å². The van der Waals surface area contributed by atoms with Crippen LogP contribution in [0.25, 0.3) is 0 Å². The van der Waals surface area contributed by atoms with Crippen LogP contribution in [0.1, 0.15) is 0 Å². The van der Waals surface area contributed by atoms with Crippen LogP contribution < -0.4 is 0 Å². The molecule has 0 aromatic carbocycles. The summed E-state index contributed by atoms with van der Waals surface area (Å²) in [7, 11) is -3.87. The van der Waals surface area contributed by atoms with Crippen molar-refractivity contribution in [3.63, 3.8) is 0 Å². The lowest BCUT2D eigenvalue weighted by atomic mass is 11.0. The molecule has 4 heteroatoms. The molecule has 0 saturated carbocycles. The van der Waals surface area contributed by atoms with E-state index in [1.54, 1.807) is 0 Å². The van der Waals surface area contributed by atoms with Gasteiger partial charge < -0.3 is 9.79 Å². The first-order chi connectivity index (χ1) is 2.56. The van der Waals surface area contributed by atoms with E-state index in [4.69, 9.17) is 9.79 Å². The molecule has 0 unspecified atom stereocenters. The summed E-state index contributed by atoms with van der Waals surface area (Å²) in [6.45, 7) is 4.54. The van der Waals surface area contributed by atoms with Gasteiger partial charge in [-0.15, -0.1) is 0 Å². The maximum absolute atomic E-state index is 9.57. The summed E-state index contributed by atoms with van der Waals surface area (Å²) < 4.78 is 9.57. The van der Waals surface area contributed by atoms with Gasteiger partial charge in [0.25, 0.3) is 0 Å². The topological polar surface area (TPSA) is 57.5 Å². The second kappa shape index (κ2) is 1.73. The molecule has 0 fully saturated rings. The standard InChI is InChI=1S/C2H5O3P/c1-2-6(3,4)5/h1H,2H2,(H2,3,4,5). The third kappa shape index (κ3) is 4.15. The zero-order chi connectivity index (χ0) is 5.21. The first-order valence-corrected chi connectivity index (χ1v) is 3.10. The van der Waals surface area contributed by atoms with E-state index < -0.39 is 13.8 Å². The zero-order valence-corrected chi connectivity index (χ0v) is 3.93. The Bertz CT molecular complexity index is 72.9. The number of rotatable bonds is 1. The Balaban J connectivity index is 3.48. The Kier molecular flexibility index (Phi) is 1.78. The molecule has 0 atom stereocenters. The minimum Gasteiger partial charge on any atom is -0.324 e. The molecule has 0 aromatic heterocycles. The third-order valence-electron chi connectivity index (χ3n) is 0.238. The molecule has 3 nitrogen and oxygen atoms in total. The minimum atomic E-state index is -3.87. The van der Waals surface area contributed by atoms with E-state index in [2.05, 4.69) is 6.92 Å². The molecule has 0 heterocycles. The lowest BCUT2D eigenvalue weighted by Crippen LogP contribution is -1.77. The molecule has 2 radical (unpaired) electrons. The molecule has 0 saturated heterocycles. The van der Waals surface area contributed by atoms with E-state index in [0.717, 1.165) is 0 Å². The van der Waals surface area contributed by atoms with Gasteiger partial charge in [-0.1, -0.05) is 0 Å². The van der Waals surface area contributed by atoms with Crippen molar-refractivity contribution in [1.82, 2.24) is 0 Å². The molecule has 0 rings (SSSR count). The van der Waals surface area contributed by atoms with E-state index in [-0.39, 0.29) is 0 Å². The van der Waals surface area contributed by atoms with E-state index in [0.29, 0.717) is 0 Å². The Morgan fingerprint density at radius 1 is 1.67 bits per heavy atom. The summed E-state index contributed by atoms with van der Waals surface area (Å²) in [4.78, 5) is 15.6. The zero-order valence-electron chi connectivity index (χ0n) is 3.03. The van der Waals surface area contributed by atoms with Crippen LogP contribution in [0.2, 0.25) is 0 Å². The van der Waals surface area contributed by atoms with Crippen molar-refractivity contribution in [1.29, 1.82) is 0 Å². The van der Waals surface area contributed by atoms with Crippen LogP contribution in [0.5, 0.6) is 0 Å². The van der Waals surface area contributed by atoms with Gasteiger partial charge in [0, 0.05) is 0 Å². The van der Waals surface area contributed by atoms with Gasteiger partial charge in [-0.2, -0.15) is 0 Å². The SMILES string of the molecule is [CH]CP(=O)(O)O. The van der Waals surface area contributed by atoms with Crippen molar-refractivity contribution >= 4 is 7.60 Å². The Morgan fingerprint density at radius 3 is 1.83 bits per heavy atom. The molecule has 6 heavy (non-hydrogen) atoms. The predicted molar refractivity (Wildman–Crippen MR) is 21.2 cm³/mol. The summed E-state index contributed by atoms with van der Waals surface area (Å²) in [6.07, 6.45) is -0.562. The van der Waals surface area contributed by atoms with Gasteiger partial charge in [0.15, 0.2) is 0 Å². The summed E-state index contributed by atoms with van der Waals surface area (Å²) in [5.41, 5.74) is 0. The number of hydrogen-bond acceptors (Lipinski definition) is 1. The van der Waals surface area contributed by atoms with Gasteiger partial charge in [0.05, 0.1) is 6.16 Å². The summed E-state index contributed by atoms with van der Waals surface area (Å²) in [6, 6.07) is 0. The molecular weight excluding hydrogens is 103 g/mol. The fraction of sp³-hybridized carbons (Fsp3) is 0.500. The monoisotopic (exact) mass is 108 g/mol. The highest BCUT2D eigenvalue weighted by molar-refractivity contribution is 7.51. The van der Waals surface area contributed by atoms with Crippen molar-refractivity contribution in [2.75, 3.05) is 6.16 Å². The van der Waals surface area contributed by atoms with Gasteiger partial charge in [-0.05, 0) is 6.92 Å². The fourth-order valence-corrected chi connectivity index (χ4v) is 0. The second-order valence-corrected chi connectivity index (χ2v) is 2.54. The lowest BCUT2D eigenvalue weighted by molar-refractivity contribution is 0.377. The van der Waals surface area contributed by atoms with Gasteiger partial charge in [0.2, 0.25) is 0 Å². The highest BCUT2D eigenvalue weighted by atomic mass is 31.2. The van der Waals surface area contributed by atoms with E-state index in [1.165, 1.54) is 0 Å². The molecule has 0 aliphatic heterocycles. The van der Waals surface area contributed by atoms with Gasteiger partial charge >= 0.3 is 7.60 Å². The Labute approximate surface area is 36.2 Å². The van der Waals surface area contributed by atoms with Crippen LogP contribution in [0.3, 0.4) is 0 Å². The molecule has 0 aliphatic carbocycles. The van der Waals surface area contributed by atoms with Crippen molar-refractivity contribution in [3.05, 3.63) is 6.92 Å². The average Bonchev–Trinajstić information content (AvgIpc) is 1.35. The molecule has 0 amide bonds. The molecule has 0 bridgehead atoms. The van der Waals surface area contributed by atoms with E-state index in [1.807, 2.05) is 0 Å². The van der Waals surface area contributed by atoms with Crippen LogP contribution in [-0.2, 0) is 4.57 Å². The molecule has 36 valence electrons. The molecular formula is C2H5O3P. The molecule has 2 N–H and O–H groups in total. The van der Waals surface area contributed by atoms with Crippen molar-refractivity contribution in [3.8, 4) is 0 Å². The highest BCUT2D eigenvalue weighted by Gasteiger charge is 2.05. The van der Waals surface area contributed by atoms with Gasteiger partial charge in [-0.3, -0.25) is 4.57 Å². The smallest absolute Gasteiger partial charge is 0.324 e. The Morgan fingerprint density at radius 2 is 1.83 bits per heavy atom. The summed E-state index contributed by atoms with van der Waals surface area (Å²) >= 11 is 0. The Hall–Kier alpha value is 0.150. The fourth-order valence-electron chi connectivity index (χ4n) is 0. The molecule has 0 aromatic rings. The second-order valence-electron chi connectivity index (χ2n) is 0.847. The third-order valence-corrected chi connectivity index (χ3v) is 0.714. The quantitative estimate of drug-likeness (QED) is 0.460. The van der Waals surface area contributed by atoms with Crippen LogP contribution in [-0.4, -0.2) is 15.9 Å².